The summed E-state index contributed by atoms with van der Waals surface area (Å²) in [5.41, 5.74) is 0.450. The quantitative estimate of drug-likeness (QED) is 0.535. The Kier molecular flexibility index (Phi) is 5.59. The Morgan fingerprint density at radius 2 is 2.14 bits per heavy atom. The Balaban J connectivity index is 2.26. The zero-order valence-electron chi connectivity index (χ0n) is 12.0. The second-order valence-electron chi connectivity index (χ2n) is 4.76. The molecule has 118 valence electrons. The van der Waals surface area contributed by atoms with Gasteiger partial charge in [0.1, 0.15) is 5.75 Å². The van der Waals surface area contributed by atoms with Crippen LogP contribution in [0.1, 0.15) is 6.92 Å². The summed E-state index contributed by atoms with van der Waals surface area (Å²) >= 11 is 1.26. The first-order valence-electron chi connectivity index (χ1n) is 6.74. The molecule has 1 heterocycles. The van der Waals surface area contributed by atoms with Crippen LogP contribution in [0.2, 0.25) is 0 Å². The number of imide groups is 1. The van der Waals surface area contributed by atoms with Crippen LogP contribution in [-0.4, -0.2) is 41.8 Å². The number of aliphatic hydroxyl groups is 1. The monoisotopic (exact) mass is 323 g/mol. The Bertz CT molecular complexity index is 614. The van der Waals surface area contributed by atoms with Gasteiger partial charge in [0.15, 0.2) is 0 Å². The van der Waals surface area contributed by atoms with Gasteiger partial charge in [0.25, 0.3) is 5.91 Å². The molecule has 0 aliphatic carbocycles. The van der Waals surface area contributed by atoms with Gasteiger partial charge in [-0.05, 0) is 25.1 Å². The molecule has 7 heteroatoms. The summed E-state index contributed by atoms with van der Waals surface area (Å²) in [6, 6.07) is 6.59. The van der Waals surface area contributed by atoms with E-state index in [0.717, 1.165) is 4.90 Å². The summed E-state index contributed by atoms with van der Waals surface area (Å²) in [6.45, 7) is 1.72. The molecular weight excluding hydrogens is 306 g/mol. The van der Waals surface area contributed by atoms with Crippen molar-refractivity contribution in [1.82, 2.24) is 5.32 Å². The van der Waals surface area contributed by atoms with Crippen molar-refractivity contribution in [3.8, 4) is 5.75 Å². The van der Waals surface area contributed by atoms with Crippen LogP contribution in [0.15, 0.2) is 39.6 Å². The Morgan fingerprint density at radius 1 is 1.36 bits per heavy atom. The van der Waals surface area contributed by atoms with E-state index in [-0.39, 0.29) is 25.6 Å². The largest absolute Gasteiger partial charge is 0.508 e. The van der Waals surface area contributed by atoms with E-state index in [0.29, 0.717) is 10.5 Å². The average molecular weight is 323 g/mol. The lowest BCUT2D eigenvalue weighted by Crippen LogP contribution is -2.43. The van der Waals surface area contributed by atoms with Crippen LogP contribution in [0.5, 0.6) is 5.75 Å². The molecule has 1 aromatic rings. The third-order valence-electron chi connectivity index (χ3n) is 3.15. The van der Waals surface area contributed by atoms with Crippen LogP contribution < -0.4 is 5.32 Å². The van der Waals surface area contributed by atoms with Crippen LogP contribution in [0.25, 0.3) is 0 Å². The van der Waals surface area contributed by atoms with Crippen molar-refractivity contribution in [2.45, 2.75) is 11.8 Å². The van der Waals surface area contributed by atoms with Crippen molar-refractivity contribution < 1.29 is 24.5 Å². The van der Waals surface area contributed by atoms with Gasteiger partial charge in [-0.1, -0.05) is 17.8 Å². The van der Waals surface area contributed by atoms with Crippen LogP contribution >= 0.6 is 11.8 Å². The highest BCUT2D eigenvalue weighted by atomic mass is 32.2. The van der Waals surface area contributed by atoms with E-state index < -0.39 is 17.7 Å². The van der Waals surface area contributed by atoms with E-state index in [1.54, 1.807) is 31.2 Å². The molecule has 1 aliphatic heterocycles. The van der Waals surface area contributed by atoms with Crippen LogP contribution in [0, 0.1) is 5.92 Å². The Labute approximate surface area is 132 Å². The van der Waals surface area contributed by atoms with Gasteiger partial charge in [0.2, 0.25) is 5.91 Å². The van der Waals surface area contributed by atoms with Gasteiger partial charge in [-0.25, -0.2) is 0 Å². The lowest BCUT2D eigenvalue weighted by Gasteiger charge is -2.25. The van der Waals surface area contributed by atoms with Gasteiger partial charge >= 0.3 is 0 Å². The van der Waals surface area contributed by atoms with E-state index in [1.165, 1.54) is 11.8 Å². The molecule has 3 N–H and O–H groups in total. The summed E-state index contributed by atoms with van der Waals surface area (Å²) in [4.78, 5) is 25.2. The number of thioether (sulfide) groups is 1. The highest BCUT2D eigenvalue weighted by molar-refractivity contribution is 8.03. The number of ether oxygens (including phenoxy) is 1. The number of rotatable bonds is 6. The first-order valence-corrected chi connectivity index (χ1v) is 7.56. The van der Waals surface area contributed by atoms with E-state index in [9.17, 15) is 14.7 Å². The van der Waals surface area contributed by atoms with Crippen molar-refractivity contribution in [3.05, 3.63) is 34.7 Å². The minimum atomic E-state index is -0.614. The summed E-state index contributed by atoms with van der Waals surface area (Å²) in [5.74, 6) is -1.35. The smallest absolute Gasteiger partial charge is 0.254 e. The molecule has 1 aliphatic rings. The standard InChI is InChI=1S/C15H17NO5S/c1-9-13(22-11-4-2-3-10(18)7-11)12(8-21-6-5-17)15(20)16-14(9)19/h2-4,7,12,17-18H,5-6,8H2,1H3,(H,16,19,20). The van der Waals surface area contributed by atoms with Gasteiger partial charge in [0, 0.05) is 15.4 Å². The van der Waals surface area contributed by atoms with Gasteiger partial charge in [-0.3, -0.25) is 14.9 Å². The van der Waals surface area contributed by atoms with Gasteiger partial charge in [-0.15, -0.1) is 0 Å². The molecule has 0 radical (unpaired) electrons. The number of phenols is 1. The predicted octanol–water partition coefficient (Wildman–Crippen LogP) is 1.04. The minimum Gasteiger partial charge on any atom is -0.508 e. The molecule has 0 saturated carbocycles. The number of amides is 2. The SMILES string of the molecule is CC1=C(Sc2cccc(O)c2)C(COCCO)C(=O)NC1=O. The fraction of sp³-hybridized carbons (Fsp3) is 0.333. The topological polar surface area (TPSA) is 95.9 Å². The van der Waals surface area contributed by atoms with Crippen molar-refractivity contribution in [1.29, 1.82) is 0 Å². The average Bonchev–Trinajstić information content (AvgIpc) is 2.48. The maximum absolute atomic E-state index is 12.0. The number of aromatic hydroxyl groups is 1. The maximum Gasteiger partial charge on any atom is 0.254 e. The molecule has 0 aromatic heterocycles. The highest BCUT2D eigenvalue weighted by Crippen LogP contribution is 2.37. The van der Waals surface area contributed by atoms with Crippen LogP contribution in [-0.2, 0) is 14.3 Å². The molecule has 0 saturated heterocycles. The number of carbonyl (C=O) groups is 2. The molecule has 0 spiro atoms. The number of aliphatic hydroxyl groups excluding tert-OH is 1. The van der Waals surface area contributed by atoms with E-state index >= 15 is 0 Å². The van der Waals surface area contributed by atoms with Crippen LogP contribution in [0.3, 0.4) is 0 Å². The van der Waals surface area contributed by atoms with Crippen molar-refractivity contribution in [3.63, 3.8) is 0 Å². The molecule has 0 fully saturated rings. The number of nitrogens with one attached hydrogen (secondary N) is 1. The minimum absolute atomic E-state index is 0.0815. The molecule has 1 aromatic carbocycles. The summed E-state index contributed by atoms with van der Waals surface area (Å²) in [7, 11) is 0. The predicted molar refractivity (Wildman–Crippen MR) is 81.2 cm³/mol. The third-order valence-corrected chi connectivity index (χ3v) is 4.45. The van der Waals surface area contributed by atoms with E-state index in [4.69, 9.17) is 9.84 Å². The zero-order valence-corrected chi connectivity index (χ0v) is 12.9. The first-order chi connectivity index (χ1) is 10.5. The van der Waals surface area contributed by atoms with Crippen molar-refractivity contribution >= 4 is 23.6 Å². The number of carbonyl (C=O) groups excluding carboxylic acids is 2. The van der Waals surface area contributed by atoms with Gasteiger partial charge in [0.05, 0.1) is 25.7 Å². The van der Waals surface area contributed by atoms with Gasteiger partial charge < -0.3 is 14.9 Å². The fourth-order valence-corrected chi connectivity index (χ4v) is 3.17. The van der Waals surface area contributed by atoms with E-state index in [2.05, 4.69) is 5.32 Å². The first kappa shape index (κ1) is 16.5. The number of benzene rings is 1. The lowest BCUT2D eigenvalue weighted by atomic mass is 10.0. The molecule has 1 atom stereocenters. The second kappa shape index (κ2) is 7.44. The molecule has 1 unspecified atom stereocenters. The van der Waals surface area contributed by atoms with Crippen LogP contribution in [0.4, 0.5) is 0 Å². The molecule has 2 rings (SSSR count). The Morgan fingerprint density at radius 3 is 2.82 bits per heavy atom. The lowest BCUT2D eigenvalue weighted by molar-refractivity contribution is -0.132. The number of hydrogen-bond donors (Lipinski definition) is 3. The summed E-state index contributed by atoms with van der Waals surface area (Å²) in [6.07, 6.45) is 0. The highest BCUT2D eigenvalue weighted by Gasteiger charge is 2.33. The molecular formula is C15H17NO5S. The zero-order chi connectivity index (χ0) is 16.1. The summed E-state index contributed by atoms with van der Waals surface area (Å²) < 4.78 is 5.25. The van der Waals surface area contributed by atoms with Crippen molar-refractivity contribution in [2.24, 2.45) is 5.92 Å². The maximum atomic E-state index is 12.0. The van der Waals surface area contributed by atoms with Gasteiger partial charge in [-0.2, -0.15) is 0 Å². The molecule has 22 heavy (non-hydrogen) atoms. The Hall–Kier alpha value is -1.83. The third kappa shape index (κ3) is 3.88. The normalized spacial score (nSPS) is 18.5. The van der Waals surface area contributed by atoms with E-state index in [1.807, 2.05) is 0 Å². The molecule has 2 amide bonds. The number of phenolic OH excluding ortho intramolecular Hbond substituents is 1. The molecule has 0 bridgehead atoms. The second-order valence-corrected chi connectivity index (χ2v) is 5.87. The number of hydrogen-bond acceptors (Lipinski definition) is 6. The molecule has 6 nitrogen and oxygen atoms in total. The van der Waals surface area contributed by atoms with Crippen molar-refractivity contribution in [2.75, 3.05) is 19.8 Å². The fourth-order valence-electron chi connectivity index (χ4n) is 2.02. The summed E-state index contributed by atoms with van der Waals surface area (Å²) in [5, 5.41) is 20.6.